The van der Waals surface area contributed by atoms with Gasteiger partial charge >= 0.3 is 0 Å². The third kappa shape index (κ3) is 2.27. The maximum atomic E-state index is 10.4. The van der Waals surface area contributed by atoms with Crippen LogP contribution in [-0.4, -0.2) is 19.4 Å². The molecule has 0 bridgehead atoms. The third-order valence-electron chi connectivity index (χ3n) is 1.91. The molecule has 1 atom stereocenters. The molecular formula is C7H14ClNO. The standard InChI is InChI=1S/C7H13NO.ClH/c1-7(6-9)3-2-4-8-5-7;/h6,8H,2-5H2,1H3;1H. The highest BCUT2D eigenvalue weighted by Gasteiger charge is 2.25. The lowest BCUT2D eigenvalue weighted by Gasteiger charge is -2.27. The van der Waals surface area contributed by atoms with Crippen LogP contribution < -0.4 is 5.32 Å². The number of aldehydes is 1. The normalized spacial score (nSPS) is 32.5. The van der Waals surface area contributed by atoms with E-state index in [-0.39, 0.29) is 17.8 Å². The molecule has 1 heterocycles. The van der Waals surface area contributed by atoms with Gasteiger partial charge in [0.2, 0.25) is 0 Å². The molecule has 0 amide bonds. The zero-order chi connectivity index (χ0) is 6.74. The average molecular weight is 164 g/mol. The van der Waals surface area contributed by atoms with Crippen LogP contribution in [0.25, 0.3) is 0 Å². The predicted molar refractivity (Wildman–Crippen MR) is 43.5 cm³/mol. The number of piperidine rings is 1. The summed E-state index contributed by atoms with van der Waals surface area (Å²) in [5.41, 5.74) is -0.0712. The highest BCUT2D eigenvalue weighted by molar-refractivity contribution is 5.85. The van der Waals surface area contributed by atoms with Crippen molar-refractivity contribution in [3.05, 3.63) is 0 Å². The van der Waals surface area contributed by atoms with Gasteiger partial charge in [0.15, 0.2) is 0 Å². The number of nitrogens with one attached hydrogen (secondary N) is 1. The second-order valence-electron chi connectivity index (χ2n) is 3.05. The van der Waals surface area contributed by atoms with Crippen LogP contribution in [0.3, 0.4) is 0 Å². The number of hydrogen-bond acceptors (Lipinski definition) is 2. The Balaban J connectivity index is 0.000000810. The Morgan fingerprint density at radius 3 is 2.60 bits per heavy atom. The Kier molecular flexibility index (Phi) is 3.91. The molecular weight excluding hydrogens is 150 g/mol. The van der Waals surface area contributed by atoms with Crippen LogP contribution in [0.1, 0.15) is 19.8 Å². The van der Waals surface area contributed by atoms with Crippen molar-refractivity contribution in [2.24, 2.45) is 5.41 Å². The minimum absolute atomic E-state index is 0. The van der Waals surface area contributed by atoms with Gasteiger partial charge in [-0.3, -0.25) is 0 Å². The summed E-state index contributed by atoms with van der Waals surface area (Å²) in [7, 11) is 0. The zero-order valence-corrected chi connectivity index (χ0v) is 7.04. The molecule has 60 valence electrons. The highest BCUT2D eigenvalue weighted by atomic mass is 35.5. The largest absolute Gasteiger partial charge is 0.316 e. The maximum Gasteiger partial charge on any atom is 0.127 e. The van der Waals surface area contributed by atoms with Crippen LogP contribution in [0.15, 0.2) is 0 Å². The summed E-state index contributed by atoms with van der Waals surface area (Å²) >= 11 is 0. The van der Waals surface area contributed by atoms with Gasteiger partial charge in [0.1, 0.15) is 6.29 Å². The molecule has 0 spiro atoms. The molecule has 1 saturated heterocycles. The second-order valence-corrected chi connectivity index (χ2v) is 3.05. The van der Waals surface area contributed by atoms with Gasteiger partial charge in [0.25, 0.3) is 0 Å². The number of halogens is 1. The highest BCUT2D eigenvalue weighted by Crippen LogP contribution is 2.21. The number of carbonyl (C=O) groups is 1. The van der Waals surface area contributed by atoms with Crippen molar-refractivity contribution in [1.82, 2.24) is 5.32 Å². The fourth-order valence-corrected chi connectivity index (χ4v) is 1.18. The SMILES string of the molecule is CC1(C=O)CCCNC1.Cl. The molecule has 10 heavy (non-hydrogen) atoms. The van der Waals surface area contributed by atoms with E-state index in [1.54, 1.807) is 0 Å². The van der Waals surface area contributed by atoms with E-state index in [4.69, 9.17) is 0 Å². The summed E-state index contributed by atoms with van der Waals surface area (Å²) in [5, 5.41) is 3.20. The second kappa shape index (κ2) is 3.94. The van der Waals surface area contributed by atoms with Crippen LogP contribution >= 0.6 is 12.4 Å². The van der Waals surface area contributed by atoms with Crippen molar-refractivity contribution in [1.29, 1.82) is 0 Å². The molecule has 0 saturated carbocycles. The molecule has 0 aromatic carbocycles. The van der Waals surface area contributed by atoms with E-state index in [1.807, 2.05) is 6.92 Å². The van der Waals surface area contributed by atoms with Crippen LogP contribution in [0.4, 0.5) is 0 Å². The van der Waals surface area contributed by atoms with Gasteiger partial charge in [-0.1, -0.05) is 6.92 Å². The molecule has 0 radical (unpaired) electrons. The lowest BCUT2D eigenvalue weighted by atomic mass is 9.85. The van der Waals surface area contributed by atoms with Gasteiger partial charge in [-0.15, -0.1) is 12.4 Å². The first-order valence-corrected chi connectivity index (χ1v) is 3.44. The van der Waals surface area contributed by atoms with Gasteiger partial charge < -0.3 is 10.1 Å². The minimum Gasteiger partial charge on any atom is -0.316 e. The summed E-state index contributed by atoms with van der Waals surface area (Å²) in [6.45, 7) is 3.94. The van der Waals surface area contributed by atoms with Crippen molar-refractivity contribution in [2.75, 3.05) is 13.1 Å². The fraction of sp³-hybridized carbons (Fsp3) is 0.857. The maximum absolute atomic E-state index is 10.4. The van der Waals surface area contributed by atoms with E-state index in [1.165, 1.54) is 0 Å². The molecule has 3 heteroatoms. The lowest BCUT2D eigenvalue weighted by molar-refractivity contribution is -0.116. The molecule has 1 fully saturated rings. The van der Waals surface area contributed by atoms with Gasteiger partial charge in [0, 0.05) is 12.0 Å². The Hall–Kier alpha value is -0.0800. The first-order chi connectivity index (χ1) is 4.27. The predicted octanol–water partition coefficient (Wildman–Crippen LogP) is 0.997. The lowest BCUT2D eigenvalue weighted by Crippen LogP contribution is -2.38. The smallest absolute Gasteiger partial charge is 0.127 e. The fourth-order valence-electron chi connectivity index (χ4n) is 1.18. The Morgan fingerprint density at radius 2 is 2.30 bits per heavy atom. The molecule has 1 rings (SSSR count). The Labute approximate surface area is 67.8 Å². The van der Waals surface area contributed by atoms with E-state index < -0.39 is 0 Å². The van der Waals surface area contributed by atoms with E-state index >= 15 is 0 Å². The van der Waals surface area contributed by atoms with Gasteiger partial charge in [-0.2, -0.15) is 0 Å². The van der Waals surface area contributed by atoms with E-state index in [9.17, 15) is 4.79 Å². The molecule has 1 aliphatic rings. The van der Waals surface area contributed by atoms with Crippen molar-refractivity contribution in [2.45, 2.75) is 19.8 Å². The van der Waals surface area contributed by atoms with Crippen LogP contribution in [0.2, 0.25) is 0 Å². The van der Waals surface area contributed by atoms with Crippen LogP contribution in [0, 0.1) is 5.41 Å². The molecule has 0 aromatic heterocycles. The first-order valence-electron chi connectivity index (χ1n) is 3.44. The number of rotatable bonds is 1. The zero-order valence-electron chi connectivity index (χ0n) is 6.22. The summed E-state index contributed by atoms with van der Waals surface area (Å²) < 4.78 is 0. The van der Waals surface area contributed by atoms with Gasteiger partial charge in [-0.05, 0) is 19.4 Å². The minimum atomic E-state index is -0.0712. The van der Waals surface area contributed by atoms with Crippen LogP contribution in [-0.2, 0) is 4.79 Å². The molecule has 1 unspecified atom stereocenters. The third-order valence-corrected chi connectivity index (χ3v) is 1.91. The van der Waals surface area contributed by atoms with Crippen molar-refractivity contribution < 1.29 is 4.79 Å². The summed E-state index contributed by atoms with van der Waals surface area (Å²) in [6, 6.07) is 0. The van der Waals surface area contributed by atoms with Crippen molar-refractivity contribution >= 4 is 18.7 Å². The topological polar surface area (TPSA) is 29.1 Å². The monoisotopic (exact) mass is 163 g/mol. The first kappa shape index (κ1) is 9.92. The van der Waals surface area contributed by atoms with E-state index in [2.05, 4.69) is 5.32 Å². The van der Waals surface area contributed by atoms with Gasteiger partial charge in [-0.25, -0.2) is 0 Å². The van der Waals surface area contributed by atoms with Crippen molar-refractivity contribution in [3.63, 3.8) is 0 Å². The van der Waals surface area contributed by atoms with E-state index in [0.29, 0.717) is 0 Å². The Morgan fingerprint density at radius 1 is 1.60 bits per heavy atom. The summed E-state index contributed by atoms with van der Waals surface area (Å²) in [4.78, 5) is 10.4. The average Bonchev–Trinajstić information content (AvgIpc) is 1.90. The number of hydrogen-bond donors (Lipinski definition) is 1. The molecule has 1 aliphatic heterocycles. The van der Waals surface area contributed by atoms with Gasteiger partial charge in [0.05, 0.1) is 0 Å². The quantitative estimate of drug-likeness (QED) is 0.585. The summed E-state index contributed by atoms with van der Waals surface area (Å²) in [6.07, 6.45) is 3.25. The van der Waals surface area contributed by atoms with E-state index in [0.717, 1.165) is 32.2 Å². The molecule has 0 aliphatic carbocycles. The van der Waals surface area contributed by atoms with Crippen molar-refractivity contribution in [3.8, 4) is 0 Å². The molecule has 1 N–H and O–H groups in total. The molecule has 0 aromatic rings. The summed E-state index contributed by atoms with van der Waals surface area (Å²) in [5.74, 6) is 0. The molecule has 2 nitrogen and oxygen atoms in total. The Bertz CT molecular complexity index is 110. The van der Waals surface area contributed by atoms with Crippen LogP contribution in [0.5, 0.6) is 0 Å². The number of carbonyl (C=O) groups excluding carboxylic acids is 1.